The normalized spacial score (nSPS) is 16.8. The van der Waals surface area contributed by atoms with Crippen molar-refractivity contribution in [3.63, 3.8) is 0 Å². The number of ether oxygens (including phenoxy) is 1. The lowest BCUT2D eigenvalue weighted by Gasteiger charge is -2.26. The van der Waals surface area contributed by atoms with Gasteiger partial charge in [-0.1, -0.05) is 30.8 Å². The second-order valence-electron chi connectivity index (χ2n) is 5.43. The molecule has 2 N–H and O–H groups in total. The summed E-state index contributed by atoms with van der Waals surface area (Å²) in [5, 5.41) is 19.7. The van der Waals surface area contributed by atoms with Crippen molar-refractivity contribution in [1.82, 2.24) is 4.90 Å². The molecule has 2 rings (SSSR count). The van der Waals surface area contributed by atoms with Crippen LogP contribution in [0.5, 0.6) is 0 Å². The summed E-state index contributed by atoms with van der Waals surface area (Å²) in [6.45, 7) is 5.97. The van der Waals surface area contributed by atoms with E-state index in [1.165, 1.54) is 23.9 Å². The first-order valence-corrected chi connectivity index (χ1v) is 9.16. The number of nitro benzene ring substituents is 1. The topological polar surface area (TPSA) is 106 Å². The molecule has 1 aliphatic rings. The quantitative estimate of drug-likeness (QED) is 0.343. The van der Waals surface area contributed by atoms with Gasteiger partial charge in [-0.25, -0.2) is 0 Å². The number of nitrogens with two attached hydrogens (primary N) is 1. The highest BCUT2D eigenvalue weighted by Crippen LogP contribution is 2.16. The van der Waals surface area contributed by atoms with Crippen LogP contribution in [0.15, 0.2) is 34.5 Å². The molecule has 0 spiro atoms. The summed E-state index contributed by atoms with van der Waals surface area (Å²) < 4.78 is 5.35. The number of non-ortho nitro benzene ring substituents is 1. The molecular weight excluding hydrogens is 342 g/mol. The minimum atomic E-state index is -0.409. The molecule has 136 valence electrons. The molecule has 0 radical (unpaired) electrons. The van der Waals surface area contributed by atoms with Gasteiger partial charge in [0.1, 0.15) is 0 Å². The van der Waals surface area contributed by atoms with Crippen molar-refractivity contribution < 1.29 is 9.66 Å². The Hall–Kier alpha value is -1.97. The van der Waals surface area contributed by atoms with Gasteiger partial charge in [-0.15, -0.1) is 5.10 Å². The van der Waals surface area contributed by atoms with Gasteiger partial charge >= 0.3 is 0 Å². The van der Waals surface area contributed by atoms with Crippen LogP contribution in [0.4, 0.5) is 5.69 Å². The van der Waals surface area contributed by atoms with E-state index in [9.17, 15) is 10.1 Å². The van der Waals surface area contributed by atoms with Crippen molar-refractivity contribution in [2.24, 2.45) is 15.9 Å². The van der Waals surface area contributed by atoms with Gasteiger partial charge in [-0.3, -0.25) is 15.0 Å². The van der Waals surface area contributed by atoms with E-state index in [0.717, 1.165) is 38.6 Å². The fraction of sp³-hybridized carbons (Fsp3) is 0.500. The van der Waals surface area contributed by atoms with E-state index in [0.29, 0.717) is 22.9 Å². The molecule has 0 aromatic heterocycles. The molecule has 9 heteroatoms. The Kier molecular flexibility index (Phi) is 7.83. The molecule has 0 unspecified atom stereocenters. The Balaban J connectivity index is 2.18. The van der Waals surface area contributed by atoms with Crippen LogP contribution in [0.2, 0.25) is 0 Å². The number of rotatable bonds is 7. The number of nitro groups is 1. The third kappa shape index (κ3) is 6.45. The molecule has 1 aliphatic heterocycles. The van der Waals surface area contributed by atoms with Crippen molar-refractivity contribution in [1.29, 1.82) is 0 Å². The molecule has 0 aliphatic carbocycles. The second kappa shape index (κ2) is 10.1. The van der Waals surface area contributed by atoms with E-state index in [1.807, 2.05) is 13.0 Å². The lowest BCUT2D eigenvalue weighted by Crippen LogP contribution is -2.37. The van der Waals surface area contributed by atoms with Crippen molar-refractivity contribution in [2.75, 3.05) is 38.6 Å². The van der Waals surface area contributed by atoms with Crippen LogP contribution >= 0.6 is 11.8 Å². The lowest BCUT2D eigenvalue weighted by atomic mass is 10.1. The SMILES string of the molecule is CCS/C(N)=N/N=C(\CCN1CCOCC1)c1cccc([N+](=O)[O-])c1. The predicted octanol–water partition coefficient (Wildman–Crippen LogP) is 2.09. The van der Waals surface area contributed by atoms with Crippen LogP contribution in [0, 0.1) is 10.1 Å². The standard InChI is InChI=1S/C16H23N5O3S/c1-2-25-16(17)19-18-15(6-7-20-8-10-24-11-9-20)13-4-3-5-14(12-13)21(22)23/h3-5,12H,2,6-11H2,1H3,(H2,17,19)/b18-15+. The van der Waals surface area contributed by atoms with Crippen molar-refractivity contribution in [3.05, 3.63) is 39.9 Å². The average Bonchev–Trinajstić information content (AvgIpc) is 2.63. The highest BCUT2D eigenvalue weighted by Gasteiger charge is 2.14. The van der Waals surface area contributed by atoms with Crippen LogP contribution in [-0.2, 0) is 4.74 Å². The molecule has 0 amide bonds. The molecular formula is C16H23N5O3S. The number of benzene rings is 1. The maximum absolute atomic E-state index is 11.0. The van der Waals surface area contributed by atoms with Crippen LogP contribution in [-0.4, -0.2) is 59.3 Å². The molecule has 0 saturated carbocycles. The third-order valence-electron chi connectivity index (χ3n) is 3.72. The van der Waals surface area contributed by atoms with Gasteiger partial charge in [0, 0.05) is 43.8 Å². The van der Waals surface area contributed by atoms with E-state index in [2.05, 4.69) is 15.1 Å². The number of nitrogens with zero attached hydrogens (tertiary/aromatic N) is 4. The molecule has 0 bridgehead atoms. The van der Waals surface area contributed by atoms with Gasteiger partial charge in [0.15, 0.2) is 5.17 Å². The van der Waals surface area contributed by atoms with Crippen LogP contribution in [0.3, 0.4) is 0 Å². The highest BCUT2D eigenvalue weighted by molar-refractivity contribution is 8.13. The molecule has 1 fully saturated rings. The fourth-order valence-electron chi connectivity index (χ4n) is 2.43. The van der Waals surface area contributed by atoms with E-state index in [1.54, 1.807) is 6.07 Å². The summed E-state index contributed by atoms with van der Waals surface area (Å²) in [5.74, 6) is 0.810. The number of amidine groups is 1. The number of thioether (sulfide) groups is 1. The number of hydrogen-bond donors (Lipinski definition) is 1. The van der Waals surface area contributed by atoms with Crippen LogP contribution in [0.1, 0.15) is 18.9 Å². The Morgan fingerprint density at radius 2 is 2.16 bits per heavy atom. The summed E-state index contributed by atoms with van der Waals surface area (Å²) in [5.41, 5.74) is 7.22. The smallest absolute Gasteiger partial charge is 0.270 e. The first kappa shape index (κ1) is 19.4. The maximum atomic E-state index is 11.0. The Bertz CT molecular complexity index is 644. The van der Waals surface area contributed by atoms with Crippen molar-refractivity contribution in [3.8, 4) is 0 Å². The van der Waals surface area contributed by atoms with Gasteiger partial charge in [0.05, 0.1) is 23.8 Å². The molecule has 1 heterocycles. The van der Waals surface area contributed by atoms with E-state index < -0.39 is 4.92 Å². The van der Waals surface area contributed by atoms with Gasteiger partial charge in [0.25, 0.3) is 5.69 Å². The zero-order chi connectivity index (χ0) is 18.1. The van der Waals surface area contributed by atoms with Gasteiger partial charge in [0.2, 0.25) is 0 Å². The first-order chi connectivity index (χ1) is 12.1. The second-order valence-corrected chi connectivity index (χ2v) is 6.71. The molecule has 0 atom stereocenters. The van der Waals surface area contributed by atoms with E-state index in [-0.39, 0.29) is 5.69 Å². The zero-order valence-electron chi connectivity index (χ0n) is 14.3. The molecule has 8 nitrogen and oxygen atoms in total. The zero-order valence-corrected chi connectivity index (χ0v) is 15.1. The van der Waals surface area contributed by atoms with Crippen molar-refractivity contribution >= 4 is 28.3 Å². The summed E-state index contributed by atoms with van der Waals surface area (Å²) >= 11 is 1.41. The molecule has 25 heavy (non-hydrogen) atoms. The third-order valence-corrected chi connectivity index (χ3v) is 4.39. The van der Waals surface area contributed by atoms with Crippen LogP contribution < -0.4 is 5.73 Å². The van der Waals surface area contributed by atoms with Crippen LogP contribution in [0.25, 0.3) is 0 Å². The first-order valence-electron chi connectivity index (χ1n) is 8.18. The number of morpholine rings is 1. The summed E-state index contributed by atoms with van der Waals surface area (Å²) in [6, 6.07) is 6.46. The molecule has 1 aromatic rings. The Morgan fingerprint density at radius 3 is 2.84 bits per heavy atom. The summed E-state index contributed by atoms with van der Waals surface area (Å²) in [4.78, 5) is 12.9. The lowest BCUT2D eigenvalue weighted by molar-refractivity contribution is -0.384. The minimum absolute atomic E-state index is 0.0384. The predicted molar refractivity (Wildman–Crippen MR) is 101 cm³/mol. The van der Waals surface area contributed by atoms with E-state index >= 15 is 0 Å². The highest BCUT2D eigenvalue weighted by atomic mass is 32.2. The summed E-state index contributed by atoms with van der Waals surface area (Å²) in [6.07, 6.45) is 0.634. The largest absolute Gasteiger partial charge is 0.379 e. The monoisotopic (exact) mass is 365 g/mol. The van der Waals surface area contributed by atoms with Gasteiger partial charge < -0.3 is 10.5 Å². The fourth-order valence-corrected chi connectivity index (χ4v) is 2.82. The Labute approximate surface area is 151 Å². The molecule has 1 aromatic carbocycles. The van der Waals surface area contributed by atoms with Gasteiger partial charge in [-0.05, 0) is 5.75 Å². The average molecular weight is 365 g/mol. The molecule has 1 saturated heterocycles. The van der Waals surface area contributed by atoms with E-state index in [4.69, 9.17) is 10.5 Å². The number of hydrogen-bond acceptors (Lipinski definition) is 7. The van der Waals surface area contributed by atoms with Crippen molar-refractivity contribution in [2.45, 2.75) is 13.3 Å². The minimum Gasteiger partial charge on any atom is -0.379 e. The van der Waals surface area contributed by atoms with Gasteiger partial charge in [-0.2, -0.15) is 5.10 Å². The maximum Gasteiger partial charge on any atom is 0.270 e. The Morgan fingerprint density at radius 1 is 1.40 bits per heavy atom. The summed E-state index contributed by atoms with van der Waals surface area (Å²) in [7, 11) is 0.